The highest BCUT2D eigenvalue weighted by Crippen LogP contribution is 2.33. The number of anilines is 1. The van der Waals surface area contributed by atoms with E-state index in [9.17, 15) is 14.9 Å². The second-order valence-corrected chi connectivity index (χ2v) is 6.55. The number of aromatic nitrogens is 2. The minimum absolute atomic E-state index is 0.132. The maximum absolute atomic E-state index is 12.4. The Hall–Kier alpha value is -3.33. The van der Waals surface area contributed by atoms with E-state index >= 15 is 0 Å². The van der Waals surface area contributed by atoms with Gasteiger partial charge < -0.3 is 10.1 Å². The lowest BCUT2D eigenvalue weighted by atomic mass is 10.3. The van der Waals surface area contributed by atoms with Crippen LogP contribution in [0.25, 0.3) is 0 Å². The third-order valence-electron chi connectivity index (χ3n) is 3.54. The normalized spacial score (nSPS) is 10.4. The van der Waals surface area contributed by atoms with Crippen molar-refractivity contribution in [3.8, 4) is 5.88 Å². The number of amides is 1. The van der Waals surface area contributed by atoms with Gasteiger partial charge in [-0.25, -0.2) is 0 Å². The number of nitrogens with zero attached hydrogens (tertiary/aromatic N) is 3. The summed E-state index contributed by atoms with van der Waals surface area (Å²) in [5.41, 5.74) is 0.371. The molecule has 1 heterocycles. The molecular weight excluding hydrogens is 368 g/mol. The van der Waals surface area contributed by atoms with Crippen LogP contribution in [0, 0.1) is 10.1 Å². The van der Waals surface area contributed by atoms with Gasteiger partial charge in [-0.15, -0.1) is 5.10 Å². The van der Waals surface area contributed by atoms with E-state index in [1.807, 2.05) is 48.5 Å². The van der Waals surface area contributed by atoms with Crippen LogP contribution in [0.2, 0.25) is 0 Å². The van der Waals surface area contributed by atoms with E-state index in [-0.39, 0.29) is 24.0 Å². The fourth-order valence-electron chi connectivity index (χ4n) is 2.36. The summed E-state index contributed by atoms with van der Waals surface area (Å²) < 4.78 is 6.04. The summed E-state index contributed by atoms with van der Waals surface area (Å²) in [6.45, 7) is -0.172. The van der Waals surface area contributed by atoms with Crippen LogP contribution in [0.5, 0.6) is 5.88 Å². The molecule has 0 aliphatic rings. The molecule has 27 heavy (non-hydrogen) atoms. The molecule has 138 valence electrons. The van der Waals surface area contributed by atoms with Gasteiger partial charge in [0.1, 0.15) is 12.7 Å². The smallest absolute Gasteiger partial charge is 0.350 e. The third kappa shape index (κ3) is 4.64. The SMILES string of the molecule is COc1nn(CC(=O)Nc2ccccc2Sc2ccccc2)cc1[N+](=O)[O-]. The molecule has 2 aromatic carbocycles. The van der Waals surface area contributed by atoms with Gasteiger partial charge >= 0.3 is 11.6 Å². The number of carbonyl (C=O) groups is 1. The fourth-order valence-corrected chi connectivity index (χ4v) is 3.28. The number of benzene rings is 2. The average molecular weight is 384 g/mol. The maximum atomic E-state index is 12.4. The van der Waals surface area contributed by atoms with E-state index in [1.54, 1.807) is 6.07 Å². The molecule has 1 amide bonds. The van der Waals surface area contributed by atoms with Gasteiger partial charge in [-0.05, 0) is 24.3 Å². The summed E-state index contributed by atoms with van der Waals surface area (Å²) in [7, 11) is 1.29. The van der Waals surface area contributed by atoms with Crippen LogP contribution in [0.15, 0.2) is 70.6 Å². The number of carbonyl (C=O) groups excluding carboxylic acids is 1. The molecule has 0 aliphatic heterocycles. The van der Waals surface area contributed by atoms with Gasteiger partial charge in [-0.1, -0.05) is 42.1 Å². The number of nitro groups is 1. The van der Waals surface area contributed by atoms with Gasteiger partial charge in [0, 0.05) is 9.79 Å². The number of para-hydroxylation sites is 1. The third-order valence-corrected chi connectivity index (χ3v) is 4.62. The quantitative estimate of drug-likeness (QED) is 0.494. The van der Waals surface area contributed by atoms with Gasteiger partial charge in [0.2, 0.25) is 5.91 Å². The molecule has 0 atom stereocenters. The first kappa shape index (κ1) is 18.5. The summed E-state index contributed by atoms with van der Waals surface area (Å²) in [6, 6.07) is 17.2. The molecule has 1 aromatic heterocycles. The number of hydrogen-bond acceptors (Lipinski definition) is 6. The first-order chi connectivity index (χ1) is 13.1. The largest absolute Gasteiger partial charge is 0.475 e. The van der Waals surface area contributed by atoms with E-state index in [0.29, 0.717) is 5.69 Å². The summed E-state index contributed by atoms with van der Waals surface area (Å²) in [5.74, 6) is -0.482. The zero-order valence-corrected chi connectivity index (χ0v) is 15.2. The summed E-state index contributed by atoms with van der Waals surface area (Å²) >= 11 is 1.53. The highest BCUT2D eigenvalue weighted by atomic mass is 32.2. The number of ether oxygens (including phenoxy) is 1. The molecule has 0 radical (unpaired) electrons. The van der Waals surface area contributed by atoms with Gasteiger partial charge in [0.05, 0.1) is 17.7 Å². The van der Waals surface area contributed by atoms with E-state index in [1.165, 1.54) is 29.8 Å². The van der Waals surface area contributed by atoms with E-state index in [2.05, 4.69) is 10.4 Å². The fraction of sp³-hybridized carbons (Fsp3) is 0.111. The Labute approximate surface area is 159 Å². The van der Waals surface area contributed by atoms with E-state index < -0.39 is 4.92 Å². The highest BCUT2D eigenvalue weighted by Gasteiger charge is 2.21. The molecule has 0 saturated heterocycles. The maximum Gasteiger partial charge on any atom is 0.350 e. The van der Waals surface area contributed by atoms with Crippen LogP contribution in [0.4, 0.5) is 11.4 Å². The van der Waals surface area contributed by atoms with Crippen molar-refractivity contribution in [2.24, 2.45) is 0 Å². The zero-order chi connectivity index (χ0) is 19.2. The van der Waals surface area contributed by atoms with Crippen molar-refractivity contribution in [3.05, 3.63) is 70.9 Å². The van der Waals surface area contributed by atoms with E-state index in [0.717, 1.165) is 9.79 Å². The molecule has 0 bridgehead atoms. The molecule has 1 N–H and O–H groups in total. The Morgan fingerprint density at radius 2 is 1.93 bits per heavy atom. The monoisotopic (exact) mass is 384 g/mol. The molecule has 3 rings (SSSR count). The minimum atomic E-state index is -0.605. The van der Waals surface area contributed by atoms with Gasteiger partial charge in [-0.3, -0.25) is 19.6 Å². The Bertz CT molecular complexity index is 959. The summed E-state index contributed by atoms with van der Waals surface area (Å²) in [5, 5.41) is 17.7. The van der Waals surface area contributed by atoms with Crippen LogP contribution in [-0.4, -0.2) is 27.7 Å². The van der Waals surface area contributed by atoms with Crippen molar-refractivity contribution in [1.82, 2.24) is 9.78 Å². The van der Waals surface area contributed by atoms with Crippen LogP contribution < -0.4 is 10.1 Å². The molecule has 3 aromatic rings. The standard InChI is InChI=1S/C18H16N4O4S/c1-26-18-15(22(24)25)11-21(20-18)12-17(23)19-14-9-5-6-10-16(14)27-13-7-3-2-4-8-13/h2-11H,12H2,1H3,(H,19,23). The molecule has 0 unspecified atom stereocenters. The Morgan fingerprint density at radius 1 is 1.22 bits per heavy atom. The zero-order valence-electron chi connectivity index (χ0n) is 14.4. The van der Waals surface area contributed by atoms with Crippen molar-refractivity contribution >= 4 is 29.0 Å². The lowest BCUT2D eigenvalue weighted by Gasteiger charge is -2.10. The van der Waals surface area contributed by atoms with Crippen LogP contribution >= 0.6 is 11.8 Å². The van der Waals surface area contributed by atoms with Crippen molar-refractivity contribution in [2.45, 2.75) is 16.3 Å². The summed E-state index contributed by atoms with van der Waals surface area (Å²) in [6.07, 6.45) is 1.17. The van der Waals surface area contributed by atoms with Crippen molar-refractivity contribution in [1.29, 1.82) is 0 Å². The van der Waals surface area contributed by atoms with Crippen LogP contribution in [-0.2, 0) is 11.3 Å². The van der Waals surface area contributed by atoms with Crippen LogP contribution in [0.3, 0.4) is 0 Å². The topological polar surface area (TPSA) is 99.3 Å². The van der Waals surface area contributed by atoms with Crippen molar-refractivity contribution < 1.29 is 14.5 Å². The average Bonchev–Trinajstić information content (AvgIpc) is 3.07. The molecule has 0 fully saturated rings. The highest BCUT2D eigenvalue weighted by molar-refractivity contribution is 7.99. The number of rotatable bonds is 7. The molecule has 9 heteroatoms. The van der Waals surface area contributed by atoms with Crippen molar-refractivity contribution in [2.75, 3.05) is 12.4 Å². The lowest BCUT2D eigenvalue weighted by Crippen LogP contribution is -2.19. The molecule has 8 nitrogen and oxygen atoms in total. The molecular formula is C18H16N4O4S. The number of hydrogen-bond donors (Lipinski definition) is 1. The lowest BCUT2D eigenvalue weighted by molar-refractivity contribution is -0.385. The summed E-state index contributed by atoms with van der Waals surface area (Å²) in [4.78, 5) is 24.7. The molecule has 0 spiro atoms. The molecule has 0 saturated carbocycles. The van der Waals surface area contributed by atoms with Gasteiger partial charge in [0.25, 0.3) is 0 Å². The van der Waals surface area contributed by atoms with Crippen LogP contribution in [0.1, 0.15) is 0 Å². The van der Waals surface area contributed by atoms with Crippen molar-refractivity contribution in [3.63, 3.8) is 0 Å². The second-order valence-electron chi connectivity index (χ2n) is 5.44. The van der Waals surface area contributed by atoms with E-state index in [4.69, 9.17) is 4.74 Å². The first-order valence-corrected chi connectivity index (χ1v) is 8.76. The number of nitrogens with one attached hydrogen (secondary N) is 1. The minimum Gasteiger partial charge on any atom is -0.475 e. The van der Waals surface area contributed by atoms with Gasteiger partial charge in [0.15, 0.2) is 0 Å². The number of methoxy groups -OCH3 is 1. The second kappa shape index (κ2) is 8.37. The Kier molecular flexibility index (Phi) is 5.72. The Balaban J connectivity index is 1.72. The predicted molar refractivity (Wildman–Crippen MR) is 101 cm³/mol. The first-order valence-electron chi connectivity index (χ1n) is 7.94. The predicted octanol–water partition coefficient (Wildman–Crippen LogP) is 3.59. The Morgan fingerprint density at radius 3 is 2.59 bits per heavy atom. The van der Waals surface area contributed by atoms with Gasteiger partial charge in [-0.2, -0.15) is 0 Å². The molecule has 0 aliphatic carbocycles.